The van der Waals surface area contributed by atoms with Gasteiger partial charge in [0, 0.05) is 17.8 Å². The lowest BCUT2D eigenvalue weighted by molar-refractivity contribution is 0.0698. The van der Waals surface area contributed by atoms with E-state index < -0.39 is 6.10 Å². The molecule has 0 aromatic carbocycles. The van der Waals surface area contributed by atoms with Crippen LogP contribution in [0.3, 0.4) is 0 Å². The van der Waals surface area contributed by atoms with Gasteiger partial charge in [0.1, 0.15) is 6.04 Å². The van der Waals surface area contributed by atoms with Crippen LogP contribution in [0.1, 0.15) is 57.1 Å². The average molecular weight is 333 g/mol. The highest BCUT2D eigenvalue weighted by Gasteiger charge is 2.39. The number of aliphatic hydroxyl groups excluding tert-OH is 1. The molecule has 2 aromatic heterocycles. The van der Waals surface area contributed by atoms with Crippen molar-refractivity contribution in [2.75, 3.05) is 6.54 Å². The van der Waals surface area contributed by atoms with Crippen molar-refractivity contribution in [3.8, 4) is 0 Å². The predicted octanol–water partition coefficient (Wildman–Crippen LogP) is 2.27. The lowest BCUT2D eigenvalue weighted by atomic mass is 9.99. The van der Waals surface area contributed by atoms with Gasteiger partial charge in [0.2, 0.25) is 5.89 Å². The van der Waals surface area contributed by atoms with Gasteiger partial charge in [-0.25, -0.2) is 0 Å². The number of amides is 1. The van der Waals surface area contributed by atoms with Crippen molar-refractivity contribution >= 4 is 17.2 Å². The number of likely N-dealkylation sites (tertiary alicyclic amines) is 1. The van der Waals surface area contributed by atoms with Crippen molar-refractivity contribution in [2.45, 2.75) is 51.2 Å². The Labute approximate surface area is 138 Å². The Balaban J connectivity index is 1.62. The molecule has 4 rings (SSSR count). The summed E-state index contributed by atoms with van der Waals surface area (Å²) in [5.74, 6) is 0.913. The normalized spacial score (nSPS) is 24.0. The number of thiophene rings is 1. The summed E-state index contributed by atoms with van der Waals surface area (Å²) in [6.45, 7) is 2.06. The molecule has 2 atom stereocenters. The van der Waals surface area contributed by atoms with Gasteiger partial charge in [-0.3, -0.25) is 4.79 Å². The molecule has 23 heavy (non-hydrogen) atoms. The number of nitrogens with zero attached hydrogens (tertiary/aromatic N) is 3. The molecule has 7 heteroatoms. The van der Waals surface area contributed by atoms with Crippen LogP contribution >= 0.6 is 11.3 Å². The van der Waals surface area contributed by atoms with Gasteiger partial charge in [0.05, 0.1) is 11.0 Å². The first-order chi connectivity index (χ1) is 11.1. The van der Waals surface area contributed by atoms with E-state index in [2.05, 4.69) is 10.1 Å². The molecule has 1 N–H and O–H groups in total. The number of carbonyl (C=O) groups is 1. The van der Waals surface area contributed by atoms with Crippen LogP contribution in [-0.4, -0.2) is 38.7 Å². The minimum atomic E-state index is -0.550. The third-order valence-corrected chi connectivity index (χ3v) is 5.80. The summed E-state index contributed by atoms with van der Waals surface area (Å²) in [5.41, 5.74) is 1.31. The molecule has 1 fully saturated rings. The van der Waals surface area contributed by atoms with Crippen LogP contribution in [-0.2, 0) is 12.8 Å². The molecule has 6 nitrogen and oxygen atoms in total. The number of hydrogen-bond acceptors (Lipinski definition) is 6. The van der Waals surface area contributed by atoms with E-state index in [1.807, 2.05) is 6.07 Å². The van der Waals surface area contributed by atoms with Gasteiger partial charge in [-0.2, -0.15) is 4.98 Å². The van der Waals surface area contributed by atoms with Crippen molar-refractivity contribution in [3.63, 3.8) is 0 Å². The van der Waals surface area contributed by atoms with Crippen molar-refractivity contribution in [2.24, 2.45) is 0 Å². The molecule has 0 unspecified atom stereocenters. The van der Waals surface area contributed by atoms with E-state index in [1.165, 1.54) is 23.3 Å². The van der Waals surface area contributed by atoms with Gasteiger partial charge in [0.25, 0.3) is 5.91 Å². The Morgan fingerprint density at radius 2 is 2.26 bits per heavy atom. The quantitative estimate of drug-likeness (QED) is 0.912. The zero-order valence-corrected chi connectivity index (χ0v) is 13.8. The Kier molecular flexibility index (Phi) is 3.69. The van der Waals surface area contributed by atoms with E-state index in [9.17, 15) is 9.90 Å². The van der Waals surface area contributed by atoms with E-state index in [0.29, 0.717) is 24.7 Å². The summed E-state index contributed by atoms with van der Waals surface area (Å²) in [6.07, 6.45) is 4.43. The molecule has 0 saturated carbocycles. The molecule has 3 heterocycles. The molecule has 2 aromatic rings. The number of aliphatic hydroxyl groups is 1. The summed E-state index contributed by atoms with van der Waals surface area (Å²) in [7, 11) is 0. The lowest BCUT2D eigenvalue weighted by Crippen LogP contribution is -2.31. The van der Waals surface area contributed by atoms with Gasteiger partial charge >= 0.3 is 0 Å². The molecule has 0 radical (unpaired) electrons. The van der Waals surface area contributed by atoms with Crippen LogP contribution in [0.4, 0.5) is 0 Å². The molecule has 122 valence electrons. The first kappa shape index (κ1) is 14.8. The zero-order valence-electron chi connectivity index (χ0n) is 13.0. The fourth-order valence-electron chi connectivity index (χ4n) is 3.46. The second-order valence-corrected chi connectivity index (χ2v) is 7.45. The minimum absolute atomic E-state index is 0.0400. The SMILES string of the molecule is Cc1noc([C@H]2C[C@@H](O)CN2C(=O)c2cc3c(s2)CCCC3)n1. The second-order valence-electron chi connectivity index (χ2n) is 6.31. The van der Waals surface area contributed by atoms with Crippen molar-refractivity contribution in [3.05, 3.63) is 33.1 Å². The number of β-amino-alcohol motifs (C(OH)–C–C–N with tert-alkyl or cyclic N) is 1. The lowest BCUT2D eigenvalue weighted by Gasteiger charge is -2.20. The first-order valence-corrected chi connectivity index (χ1v) is 8.84. The monoisotopic (exact) mass is 333 g/mol. The third-order valence-electron chi connectivity index (χ3n) is 4.58. The summed E-state index contributed by atoms with van der Waals surface area (Å²) < 4.78 is 5.23. The Bertz CT molecular complexity index is 715. The van der Waals surface area contributed by atoms with Gasteiger partial charge in [0.15, 0.2) is 5.82 Å². The van der Waals surface area contributed by atoms with Gasteiger partial charge in [-0.15, -0.1) is 11.3 Å². The van der Waals surface area contributed by atoms with E-state index in [0.717, 1.165) is 17.7 Å². The predicted molar refractivity (Wildman–Crippen MR) is 84.4 cm³/mol. The molecular formula is C16H19N3O3S. The smallest absolute Gasteiger partial charge is 0.264 e. The molecule has 1 aliphatic heterocycles. The number of aryl methyl sites for hydroxylation is 3. The number of aromatic nitrogens is 2. The first-order valence-electron chi connectivity index (χ1n) is 8.02. The summed E-state index contributed by atoms with van der Waals surface area (Å²) >= 11 is 1.59. The number of rotatable bonds is 2. The molecule has 0 spiro atoms. The van der Waals surface area contributed by atoms with Gasteiger partial charge < -0.3 is 14.5 Å². The van der Waals surface area contributed by atoms with E-state index in [-0.39, 0.29) is 11.9 Å². The highest BCUT2D eigenvalue weighted by atomic mass is 32.1. The molecule has 1 saturated heterocycles. The van der Waals surface area contributed by atoms with E-state index >= 15 is 0 Å². The third kappa shape index (κ3) is 2.68. The zero-order chi connectivity index (χ0) is 16.0. The van der Waals surface area contributed by atoms with Gasteiger partial charge in [-0.05, 0) is 44.2 Å². The molecule has 2 aliphatic rings. The summed E-state index contributed by atoms with van der Waals surface area (Å²) in [5, 5.41) is 13.8. The maximum atomic E-state index is 12.9. The molecule has 1 aliphatic carbocycles. The number of hydrogen-bond donors (Lipinski definition) is 1. The second kappa shape index (κ2) is 5.72. The Morgan fingerprint density at radius 3 is 3.00 bits per heavy atom. The largest absolute Gasteiger partial charge is 0.391 e. The number of carbonyl (C=O) groups excluding carboxylic acids is 1. The highest BCUT2D eigenvalue weighted by Crippen LogP contribution is 2.36. The van der Waals surface area contributed by atoms with Crippen molar-refractivity contribution in [1.29, 1.82) is 0 Å². The fourth-order valence-corrected chi connectivity index (χ4v) is 4.67. The van der Waals surface area contributed by atoms with Gasteiger partial charge in [-0.1, -0.05) is 5.16 Å². The topological polar surface area (TPSA) is 79.5 Å². The average Bonchev–Trinajstić information content (AvgIpc) is 3.23. The van der Waals surface area contributed by atoms with Crippen LogP contribution in [0.5, 0.6) is 0 Å². The maximum absolute atomic E-state index is 12.9. The Morgan fingerprint density at radius 1 is 1.43 bits per heavy atom. The number of fused-ring (bicyclic) bond motifs is 1. The van der Waals surface area contributed by atoms with E-state index in [4.69, 9.17) is 4.52 Å². The van der Waals surface area contributed by atoms with Crippen LogP contribution in [0, 0.1) is 6.92 Å². The van der Waals surface area contributed by atoms with Crippen LogP contribution in [0.25, 0.3) is 0 Å². The highest BCUT2D eigenvalue weighted by molar-refractivity contribution is 7.14. The molecule has 0 bridgehead atoms. The van der Waals surface area contributed by atoms with Crippen LogP contribution in [0.2, 0.25) is 0 Å². The Hall–Kier alpha value is -1.73. The molecule has 1 amide bonds. The summed E-state index contributed by atoms with van der Waals surface area (Å²) in [6, 6.07) is 1.69. The van der Waals surface area contributed by atoms with E-state index in [1.54, 1.807) is 23.2 Å². The van der Waals surface area contributed by atoms with Crippen LogP contribution < -0.4 is 0 Å². The summed E-state index contributed by atoms with van der Waals surface area (Å²) in [4.78, 5) is 20.9. The minimum Gasteiger partial charge on any atom is -0.391 e. The van der Waals surface area contributed by atoms with Crippen LogP contribution in [0.15, 0.2) is 10.6 Å². The fraction of sp³-hybridized carbons (Fsp3) is 0.562. The van der Waals surface area contributed by atoms with Crippen molar-refractivity contribution < 1.29 is 14.4 Å². The maximum Gasteiger partial charge on any atom is 0.264 e. The molecular weight excluding hydrogens is 314 g/mol. The van der Waals surface area contributed by atoms with Crippen molar-refractivity contribution in [1.82, 2.24) is 15.0 Å². The standard InChI is InChI=1S/C16H19N3O3S/c1-9-17-15(22-18-9)12-7-11(20)8-19(12)16(21)14-6-10-4-2-3-5-13(10)23-14/h6,11-12,20H,2-5,7-8H2,1H3/t11-,12-/m1/s1.